The van der Waals surface area contributed by atoms with Gasteiger partial charge in [0.2, 0.25) is 10.0 Å². The van der Waals surface area contributed by atoms with Gasteiger partial charge in [0.1, 0.15) is 0 Å². The van der Waals surface area contributed by atoms with Crippen LogP contribution in [0.15, 0.2) is 0 Å². The fourth-order valence-corrected chi connectivity index (χ4v) is 3.87. The first-order valence-electron chi connectivity index (χ1n) is 6.82. The van der Waals surface area contributed by atoms with Crippen molar-refractivity contribution in [1.29, 1.82) is 0 Å². The van der Waals surface area contributed by atoms with Gasteiger partial charge in [0.05, 0.1) is 12.4 Å². The minimum atomic E-state index is -3.12. The van der Waals surface area contributed by atoms with Crippen LogP contribution in [-0.2, 0) is 14.8 Å². The maximum absolute atomic E-state index is 12.1. The predicted octanol–water partition coefficient (Wildman–Crippen LogP) is 0.427. The van der Waals surface area contributed by atoms with Gasteiger partial charge in [-0.3, -0.25) is 0 Å². The largest absolute Gasteiger partial charge is 0.384 e. The number of rotatable bonds is 7. The second-order valence-corrected chi connectivity index (χ2v) is 7.45. The smallest absolute Gasteiger partial charge is 0.216 e. The first-order chi connectivity index (χ1) is 8.62. The molecule has 1 unspecified atom stereocenters. The van der Waals surface area contributed by atoms with Gasteiger partial charge in [-0.25, -0.2) is 12.7 Å². The monoisotopic (exact) mass is 276 g/mol. The number of piperidine rings is 1. The summed E-state index contributed by atoms with van der Waals surface area (Å²) < 4.78 is 30.6. The van der Waals surface area contributed by atoms with Crippen LogP contribution in [0.1, 0.15) is 25.7 Å². The average molecular weight is 276 g/mol. The summed E-state index contributed by atoms with van der Waals surface area (Å²) in [4.78, 5) is 0. The molecule has 106 valence electrons. The lowest BCUT2D eigenvalue weighted by Gasteiger charge is -2.32. The second-order valence-electron chi connectivity index (χ2n) is 5.36. The molecule has 0 aromatic heterocycles. The molecule has 2 rings (SSSR count). The van der Waals surface area contributed by atoms with E-state index in [4.69, 9.17) is 4.74 Å². The highest BCUT2D eigenvalue weighted by molar-refractivity contribution is 7.89. The van der Waals surface area contributed by atoms with Crippen molar-refractivity contribution in [2.75, 3.05) is 39.1 Å². The molecule has 1 saturated carbocycles. The number of nitrogens with one attached hydrogen (secondary N) is 1. The molecule has 2 aliphatic rings. The standard InChI is InChI=1S/C12H24N2O3S/c1-17-7-8-18(15,16)14-6-2-3-11(10-14)9-13-12-4-5-12/h11-13H,2-10H2,1H3. The van der Waals surface area contributed by atoms with Crippen LogP contribution in [0.2, 0.25) is 0 Å². The Morgan fingerprint density at radius 1 is 1.33 bits per heavy atom. The van der Waals surface area contributed by atoms with Gasteiger partial charge in [-0.05, 0) is 38.1 Å². The number of sulfonamides is 1. The molecular weight excluding hydrogens is 252 g/mol. The molecule has 1 atom stereocenters. The number of ether oxygens (including phenoxy) is 1. The minimum absolute atomic E-state index is 0.103. The highest BCUT2D eigenvalue weighted by atomic mass is 32.2. The third kappa shape index (κ3) is 4.19. The predicted molar refractivity (Wildman–Crippen MR) is 71.0 cm³/mol. The summed E-state index contributed by atoms with van der Waals surface area (Å²) in [6.45, 7) is 2.59. The molecule has 0 aromatic rings. The van der Waals surface area contributed by atoms with Gasteiger partial charge < -0.3 is 10.1 Å². The van der Waals surface area contributed by atoms with E-state index in [1.165, 1.54) is 20.0 Å². The van der Waals surface area contributed by atoms with Gasteiger partial charge in [0.15, 0.2) is 0 Å². The zero-order chi connectivity index (χ0) is 13.0. The molecule has 1 saturated heterocycles. The van der Waals surface area contributed by atoms with Gasteiger partial charge in [-0.2, -0.15) is 0 Å². The van der Waals surface area contributed by atoms with Crippen molar-refractivity contribution in [3.05, 3.63) is 0 Å². The summed E-state index contributed by atoms with van der Waals surface area (Å²) in [6, 6.07) is 0.700. The molecule has 0 spiro atoms. The Bertz CT molecular complexity index is 354. The van der Waals surface area contributed by atoms with Gasteiger partial charge in [-0.1, -0.05) is 0 Å². The SMILES string of the molecule is COCCS(=O)(=O)N1CCCC(CNC2CC2)C1. The summed E-state index contributed by atoms with van der Waals surface area (Å²) in [7, 11) is -1.58. The highest BCUT2D eigenvalue weighted by Crippen LogP contribution is 2.22. The normalized spacial score (nSPS) is 26.4. The van der Waals surface area contributed by atoms with Crippen LogP contribution in [0.4, 0.5) is 0 Å². The number of hydrogen-bond donors (Lipinski definition) is 1. The second kappa shape index (κ2) is 6.32. The van der Waals surface area contributed by atoms with E-state index < -0.39 is 10.0 Å². The van der Waals surface area contributed by atoms with Crippen LogP contribution in [-0.4, -0.2) is 57.9 Å². The van der Waals surface area contributed by atoms with Gasteiger partial charge in [0, 0.05) is 26.2 Å². The fourth-order valence-electron chi connectivity index (χ4n) is 2.38. The van der Waals surface area contributed by atoms with Crippen LogP contribution in [0.25, 0.3) is 0 Å². The van der Waals surface area contributed by atoms with Crippen molar-refractivity contribution < 1.29 is 13.2 Å². The Hall–Kier alpha value is -0.170. The van der Waals surface area contributed by atoms with Gasteiger partial charge in [0.25, 0.3) is 0 Å². The topological polar surface area (TPSA) is 58.6 Å². The number of methoxy groups -OCH3 is 1. The summed E-state index contributed by atoms with van der Waals surface area (Å²) in [6.07, 6.45) is 4.67. The third-order valence-electron chi connectivity index (χ3n) is 3.69. The minimum Gasteiger partial charge on any atom is -0.384 e. The lowest BCUT2D eigenvalue weighted by Crippen LogP contribution is -2.44. The van der Waals surface area contributed by atoms with Crippen LogP contribution in [0, 0.1) is 5.92 Å². The molecule has 2 fully saturated rings. The van der Waals surface area contributed by atoms with E-state index in [1.807, 2.05) is 0 Å². The zero-order valence-corrected chi connectivity index (χ0v) is 11.9. The molecule has 6 heteroatoms. The summed E-state index contributed by atoms with van der Waals surface area (Å²) in [5, 5.41) is 3.50. The summed E-state index contributed by atoms with van der Waals surface area (Å²) >= 11 is 0. The first kappa shape index (κ1) is 14.2. The Morgan fingerprint density at radius 3 is 2.78 bits per heavy atom. The molecule has 1 heterocycles. The zero-order valence-electron chi connectivity index (χ0n) is 11.1. The fraction of sp³-hybridized carbons (Fsp3) is 1.00. The molecule has 18 heavy (non-hydrogen) atoms. The first-order valence-corrected chi connectivity index (χ1v) is 8.43. The van der Waals surface area contributed by atoms with Crippen molar-refractivity contribution in [3.63, 3.8) is 0 Å². The van der Waals surface area contributed by atoms with Crippen LogP contribution >= 0.6 is 0 Å². The van der Waals surface area contributed by atoms with Crippen LogP contribution in [0.5, 0.6) is 0 Å². The molecule has 0 amide bonds. The quantitative estimate of drug-likeness (QED) is 0.732. The average Bonchev–Trinajstić information content (AvgIpc) is 3.18. The van der Waals surface area contributed by atoms with Crippen molar-refractivity contribution >= 4 is 10.0 Å². The van der Waals surface area contributed by atoms with Crippen molar-refractivity contribution in [1.82, 2.24) is 9.62 Å². The van der Waals surface area contributed by atoms with E-state index in [2.05, 4.69) is 5.32 Å². The molecule has 0 bridgehead atoms. The number of nitrogens with zero attached hydrogens (tertiary/aromatic N) is 1. The van der Waals surface area contributed by atoms with E-state index in [1.54, 1.807) is 4.31 Å². The van der Waals surface area contributed by atoms with Crippen molar-refractivity contribution in [2.24, 2.45) is 5.92 Å². The van der Waals surface area contributed by atoms with E-state index in [9.17, 15) is 8.42 Å². The Balaban J connectivity index is 1.80. The summed E-state index contributed by atoms with van der Waals surface area (Å²) in [5.41, 5.74) is 0. The summed E-state index contributed by atoms with van der Waals surface area (Å²) in [5.74, 6) is 0.573. The van der Waals surface area contributed by atoms with E-state index in [0.29, 0.717) is 25.0 Å². The lowest BCUT2D eigenvalue weighted by atomic mass is 10.00. The third-order valence-corrected chi connectivity index (χ3v) is 5.49. The molecule has 1 aliphatic carbocycles. The lowest BCUT2D eigenvalue weighted by molar-refractivity contribution is 0.212. The molecule has 1 N–H and O–H groups in total. The Morgan fingerprint density at radius 2 is 2.11 bits per heavy atom. The number of hydrogen-bond acceptors (Lipinski definition) is 4. The highest BCUT2D eigenvalue weighted by Gasteiger charge is 2.29. The van der Waals surface area contributed by atoms with E-state index in [-0.39, 0.29) is 12.4 Å². The maximum Gasteiger partial charge on any atom is 0.216 e. The van der Waals surface area contributed by atoms with E-state index in [0.717, 1.165) is 19.4 Å². The Kier molecular flexibility index (Phi) is 5.00. The van der Waals surface area contributed by atoms with Crippen LogP contribution < -0.4 is 5.32 Å². The van der Waals surface area contributed by atoms with Gasteiger partial charge >= 0.3 is 0 Å². The van der Waals surface area contributed by atoms with Crippen molar-refractivity contribution in [3.8, 4) is 0 Å². The molecular formula is C12H24N2O3S. The molecule has 0 radical (unpaired) electrons. The van der Waals surface area contributed by atoms with E-state index >= 15 is 0 Å². The molecule has 0 aromatic carbocycles. The Labute approximate surface area is 110 Å². The maximum atomic E-state index is 12.1. The van der Waals surface area contributed by atoms with Crippen LogP contribution in [0.3, 0.4) is 0 Å². The molecule has 5 nitrogen and oxygen atoms in total. The van der Waals surface area contributed by atoms with Gasteiger partial charge in [-0.15, -0.1) is 0 Å². The van der Waals surface area contributed by atoms with Crippen molar-refractivity contribution in [2.45, 2.75) is 31.7 Å². The molecule has 1 aliphatic heterocycles.